The van der Waals surface area contributed by atoms with E-state index in [-0.39, 0.29) is 17.8 Å². The minimum absolute atomic E-state index is 0.155. The molecule has 3 heterocycles. The molecular formula is C25H34N8O4. The second-order valence-corrected chi connectivity index (χ2v) is 10.3. The molecule has 1 saturated carbocycles. The molecule has 2 aromatic rings. The standard InChI is InChI=1S/C25H34N8O4/c1-15-10-31(8-9-32(15)23(35)20(26)14-34)24(36)28-21-6-7-33(25(37)29-21)17-4-2-16(3-5-17)11-30-12-18-19(13-30)22(18)27/h2-7,15,18-20,22,34H,8-14,26-27H2,1H3,(H,28,29,36,37)/t15-,18-,19?,20?,22?/m1/s1. The molecule has 3 fully saturated rings. The summed E-state index contributed by atoms with van der Waals surface area (Å²) in [6.45, 7) is 5.26. The van der Waals surface area contributed by atoms with Crippen LogP contribution in [0.15, 0.2) is 41.3 Å². The number of fused-ring (bicyclic) bond motifs is 1. The number of anilines is 1. The topological polar surface area (TPSA) is 163 Å². The van der Waals surface area contributed by atoms with E-state index >= 15 is 0 Å². The Labute approximate surface area is 214 Å². The van der Waals surface area contributed by atoms with Gasteiger partial charge in [-0.05, 0) is 42.5 Å². The fourth-order valence-corrected chi connectivity index (χ4v) is 5.43. The van der Waals surface area contributed by atoms with Crippen molar-refractivity contribution in [2.75, 3.05) is 44.6 Å². The van der Waals surface area contributed by atoms with Gasteiger partial charge in [-0.2, -0.15) is 4.98 Å². The number of amides is 3. The van der Waals surface area contributed by atoms with E-state index in [4.69, 9.17) is 16.6 Å². The van der Waals surface area contributed by atoms with E-state index in [0.29, 0.717) is 43.2 Å². The lowest BCUT2D eigenvalue weighted by Crippen LogP contribution is -2.59. The number of carbonyl (C=O) groups is 2. The highest BCUT2D eigenvalue weighted by molar-refractivity contribution is 5.88. The lowest BCUT2D eigenvalue weighted by atomic mass is 10.1. The molecule has 1 aliphatic carbocycles. The molecule has 2 aliphatic heterocycles. The zero-order valence-electron chi connectivity index (χ0n) is 20.9. The maximum atomic E-state index is 12.8. The Morgan fingerprint density at radius 1 is 1.14 bits per heavy atom. The Balaban J connectivity index is 1.16. The maximum Gasteiger partial charge on any atom is 0.354 e. The lowest BCUT2D eigenvalue weighted by molar-refractivity contribution is -0.137. The van der Waals surface area contributed by atoms with E-state index in [9.17, 15) is 14.4 Å². The molecule has 1 aromatic carbocycles. The first-order valence-corrected chi connectivity index (χ1v) is 12.6. The summed E-state index contributed by atoms with van der Waals surface area (Å²) in [5, 5.41) is 11.8. The van der Waals surface area contributed by atoms with Crippen molar-refractivity contribution in [3.63, 3.8) is 0 Å². The van der Waals surface area contributed by atoms with Crippen LogP contribution in [0.1, 0.15) is 12.5 Å². The number of aliphatic hydroxyl groups excluding tert-OH is 1. The summed E-state index contributed by atoms with van der Waals surface area (Å²) in [6.07, 6.45) is 1.59. The Kier molecular flexibility index (Phi) is 6.99. The second kappa shape index (κ2) is 10.2. The van der Waals surface area contributed by atoms with E-state index in [0.717, 1.165) is 19.6 Å². The van der Waals surface area contributed by atoms with Crippen LogP contribution < -0.4 is 22.5 Å². The van der Waals surface area contributed by atoms with Crippen molar-refractivity contribution in [1.82, 2.24) is 24.3 Å². The van der Waals surface area contributed by atoms with Gasteiger partial charge in [0.25, 0.3) is 0 Å². The molecule has 3 aliphatic rings. The fraction of sp³-hybridized carbons (Fsp3) is 0.520. The Morgan fingerprint density at radius 2 is 1.84 bits per heavy atom. The van der Waals surface area contributed by atoms with Crippen LogP contribution in [0.3, 0.4) is 0 Å². The highest BCUT2D eigenvalue weighted by atomic mass is 16.3. The molecule has 3 unspecified atom stereocenters. The van der Waals surface area contributed by atoms with Gasteiger partial charge in [0.2, 0.25) is 5.91 Å². The molecule has 12 nitrogen and oxygen atoms in total. The number of nitrogens with zero attached hydrogens (tertiary/aromatic N) is 5. The molecule has 5 atom stereocenters. The zero-order chi connectivity index (χ0) is 26.3. The number of urea groups is 1. The summed E-state index contributed by atoms with van der Waals surface area (Å²) in [6, 6.07) is 8.14. The first kappa shape index (κ1) is 25.3. The number of benzene rings is 1. The molecule has 0 radical (unpaired) electrons. The third-order valence-corrected chi connectivity index (χ3v) is 7.71. The highest BCUT2D eigenvalue weighted by Gasteiger charge is 2.53. The summed E-state index contributed by atoms with van der Waals surface area (Å²) in [7, 11) is 0. The van der Waals surface area contributed by atoms with Gasteiger partial charge in [-0.1, -0.05) is 12.1 Å². The van der Waals surface area contributed by atoms with Crippen molar-refractivity contribution in [3.8, 4) is 5.69 Å². The van der Waals surface area contributed by atoms with Gasteiger partial charge in [0.15, 0.2) is 0 Å². The Hall–Kier alpha value is -3.32. The fourth-order valence-electron chi connectivity index (χ4n) is 5.43. The largest absolute Gasteiger partial charge is 0.394 e. The predicted molar refractivity (Wildman–Crippen MR) is 137 cm³/mol. The summed E-state index contributed by atoms with van der Waals surface area (Å²) in [4.78, 5) is 47.3. The summed E-state index contributed by atoms with van der Waals surface area (Å²) in [5.41, 5.74) is 13.0. The number of rotatable bonds is 6. The van der Waals surface area contributed by atoms with E-state index in [1.54, 1.807) is 22.1 Å². The van der Waals surface area contributed by atoms with Gasteiger partial charge in [0.1, 0.15) is 11.9 Å². The van der Waals surface area contributed by atoms with Crippen LogP contribution in [0.25, 0.3) is 5.69 Å². The minimum atomic E-state index is -0.968. The van der Waals surface area contributed by atoms with Crippen molar-refractivity contribution in [2.24, 2.45) is 23.3 Å². The lowest BCUT2D eigenvalue weighted by Gasteiger charge is -2.40. The number of hydrogen-bond acceptors (Lipinski definition) is 8. The normalized spacial score (nSPS) is 26.1. The van der Waals surface area contributed by atoms with Crippen molar-refractivity contribution in [2.45, 2.75) is 31.6 Å². The monoisotopic (exact) mass is 510 g/mol. The maximum absolute atomic E-state index is 12.8. The quantitative estimate of drug-likeness (QED) is 0.385. The van der Waals surface area contributed by atoms with Crippen molar-refractivity contribution < 1.29 is 14.7 Å². The first-order valence-electron chi connectivity index (χ1n) is 12.6. The predicted octanol–water partition coefficient (Wildman–Crippen LogP) is -0.994. The second-order valence-electron chi connectivity index (χ2n) is 10.3. The van der Waals surface area contributed by atoms with Crippen LogP contribution in [-0.2, 0) is 11.3 Å². The number of nitrogens with one attached hydrogen (secondary N) is 1. The number of piperazine rings is 1. The van der Waals surface area contributed by atoms with Gasteiger partial charge in [0, 0.05) is 57.5 Å². The average molecular weight is 511 g/mol. The van der Waals surface area contributed by atoms with Gasteiger partial charge in [-0.15, -0.1) is 0 Å². The molecule has 5 rings (SSSR count). The van der Waals surface area contributed by atoms with Crippen LogP contribution in [0, 0.1) is 11.8 Å². The number of piperidine rings is 1. The number of hydrogen-bond donors (Lipinski definition) is 4. The zero-order valence-corrected chi connectivity index (χ0v) is 20.9. The summed E-state index contributed by atoms with van der Waals surface area (Å²) >= 11 is 0. The van der Waals surface area contributed by atoms with Crippen LogP contribution in [0.5, 0.6) is 0 Å². The third-order valence-electron chi connectivity index (χ3n) is 7.71. The molecule has 0 spiro atoms. The smallest absolute Gasteiger partial charge is 0.354 e. The molecule has 37 heavy (non-hydrogen) atoms. The number of likely N-dealkylation sites (tertiary alicyclic amines) is 1. The molecule has 3 amide bonds. The van der Waals surface area contributed by atoms with Crippen LogP contribution >= 0.6 is 0 Å². The number of aromatic nitrogens is 2. The Morgan fingerprint density at radius 3 is 2.46 bits per heavy atom. The molecule has 6 N–H and O–H groups in total. The summed E-state index contributed by atoms with van der Waals surface area (Å²) in [5.74, 6) is 1.11. The van der Waals surface area contributed by atoms with Gasteiger partial charge in [-0.25, -0.2) is 9.59 Å². The van der Waals surface area contributed by atoms with Crippen LogP contribution in [0.4, 0.5) is 10.6 Å². The molecule has 0 bridgehead atoms. The Bertz CT molecular complexity index is 1210. The minimum Gasteiger partial charge on any atom is -0.394 e. The highest BCUT2D eigenvalue weighted by Crippen LogP contribution is 2.44. The molecular weight excluding hydrogens is 476 g/mol. The van der Waals surface area contributed by atoms with E-state index < -0.39 is 24.4 Å². The van der Waals surface area contributed by atoms with Crippen LogP contribution in [-0.4, -0.2) is 98.8 Å². The van der Waals surface area contributed by atoms with Crippen molar-refractivity contribution >= 4 is 17.8 Å². The number of nitrogens with two attached hydrogens (primary N) is 2. The van der Waals surface area contributed by atoms with Gasteiger partial charge < -0.3 is 26.4 Å². The number of carbonyl (C=O) groups excluding carboxylic acids is 2. The van der Waals surface area contributed by atoms with Crippen LogP contribution in [0.2, 0.25) is 0 Å². The molecule has 12 heteroatoms. The van der Waals surface area contributed by atoms with E-state index in [2.05, 4.69) is 15.2 Å². The SMILES string of the molecule is C[C@@H]1CN(C(=O)Nc2ccn(-c3ccc(CN4CC5C(N)[C@@H]5C4)cc3)c(=O)n2)CCN1C(=O)C(N)CO. The first-order chi connectivity index (χ1) is 17.7. The van der Waals surface area contributed by atoms with Gasteiger partial charge in [-0.3, -0.25) is 19.6 Å². The van der Waals surface area contributed by atoms with Gasteiger partial charge >= 0.3 is 11.7 Å². The molecule has 198 valence electrons. The van der Waals surface area contributed by atoms with Gasteiger partial charge in [0.05, 0.1) is 12.3 Å². The average Bonchev–Trinajstić information content (AvgIpc) is 3.27. The third kappa shape index (κ3) is 5.23. The van der Waals surface area contributed by atoms with Crippen molar-refractivity contribution in [3.05, 3.63) is 52.6 Å². The van der Waals surface area contributed by atoms with E-state index in [1.165, 1.54) is 10.1 Å². The number of aliphatic hydroxyl groups is 1. The molecule has 1 aromatic heterocycles. The summed E-state index contributed by atoms with van der Waals surface area (Å²) < 4.78 is 1.43. The van der Waals surface area contributed by atoms with Crippen molar-refractivity contribution in [1.29, 1.82) is 0 Å². The van der Waals surface area contributed by atoms with E-state index in [1.807, 2.05) is 31.2 Å². The molecule has 2 saturated heterocycles.